The molecule has 0 saturated carbocycles. The van der Waals surface area contributed by atoms with Gasteiger partial charge in [-0.15, -0.1) is 10.2 Å². The van der Waals surface area contributed by atoms with Crippen molar-refractivity contribution in [2.45, 2.75) is 52.3 Å². The molecule has 0 unspecified atom stereocenters. The summed E-state index contributed by atoms with van der Waals surface area (Å²) >= 11 is 0. The van der Waals surface area contributed by atoms with E-state index in [1.165, 1.54) is 10.6 Å². The van der Waals surface area contributed by atoms with Crippen LogP contribution >= 0.6 is 0 Å². The van der Waals surface area contributed by atoms with Gasteiger partial charge < -0.3 is 50.1 Å². The number of halogens is 3. The molecule has 0 radical (unpaired) electrons. The minimum Gasteiger partial charge on any atom is -0.508 e. The Morgan fingerprint density at radius 3 is 2.21 bits per heavy atom. The molecule has 78 heavy (non-hydrogen) atoms. The fraction of sp³-hybridized carbons (Fsp3) is 0.411. The van der Waals surface area contributed by atoms with Gasteiger partial charge in [0.1, 0.15) is 29.5 Å². The number of phenols is 2. The van der Waals surface area contributed by atoms with Crippen LogP contribution in [0.4, 0.5) is 47.7 Å². The van der Waals surface area contributed by atoms with E-state index in [2.05, 4.69) is 46.2 Å². The third-order valence-corrected chi connectivity index (χ3v) is 15.3. The molecule has 0 atom stereocenters. The van der Waals surface area contributed by atoms with Gasteiger partial charge in [0.25, 0.3) is 11.8 Å². The van der Waals surface area contributed by atoms with Gasteiger partial charge >= 0.3 is 6.18 Å². The van der Waals surface area contributed by atoms with Crippen LogP contribution in [0.1, 0.15) is 64.7 Å². The van der Waals surface area contributed by atoms with Gasteiger partial charge in [-0.25, -0.2) is 4.98 Å². The normalized spacial score (nSPS) is 16.9. The highest BCUT2D eigenvalue weighted by molar-refractivity contribution is 6.13. The molecule has 19 nitrogen and oxygen atoms in total. The maximum absolute atomic E-state index is 13.9. The molecule has 410 valence electrons. The minimum absolute atomic E-state index is 0.0144. The number of ether oxygens (including phenoxy) is 1. The predicted molar refractivity (Wildman–Crippen MR) is 289 cm³/mol. The van der Waals surface area contributed by atoms with E-state index in [1.54, 1.807) is 37.2 Å². The molecular formula is C56H64F3N13O6. The van der Waals surface area contributed by atoms with Crippen molar-refractivity contribution in [1.29, 1.82) is 0 Å². The molecule has 4 aromatic carbocycles. The summed E-state index contributed by atoms with van der Waals surface area (Å²) in [6, 6.07) is 23.4. The molecular weight excluding hydrogens is 1010 g/mol. The molecule has 3 fully saturated rings. The lowest BCUT2D eigenvalue weighted by Gasteiger charge is -2.40. The van der Waals surface area contributed by atoms with Gasteiger partial charge in [-0.3, -0.25) is 23.9 Å². The number of carbonyl (C=O) groups excluding carboxylic acids is 3. The molecule has 0 aliphatic carbocycles. The summed E-state index contributed by atoms with van der Waals surface area (Å²) in [5.41, 5.74) is 5.63. The van der Waals surface area contributed by atoms with E-state index in [1.807, 2.05) is 72.7 Å². The van der Waals surface area contributed by atoms with Crippen LogP contribution in [-0.4, -0.2) is 160 Å². The Bertz CT molecular complexity index is 3170. The largest absolute Gasteiger partial charge is 0.508 e. The predicted octanol–water partition coefficient (Wildman–Crippen LogP) is 7.51. The van der Waals surface area contributed by atoms with Gasteiger partial charge in [0.15, 0.2) is 11.6 Å². The van der Waals surface area contributed by atoms with E-state index in [9.17, 15) is 37.8 Å². The highest BCUT2D eigenvalue weighted by Crippen LogP contribution is 2.40. The Kier molecular flexibility index (Phi) is 15.4. The summed E-state index contributed by atoms with van der Waals surface area (Å²) in [5.74, 6) is 0.286. The summed E-state index contributed by atoms with van der Waals surface area (Å²) < 4.78 is 46.5. The summed E-state index contributed by atoms with van der Waals surface area (Å²) in [4.78, 5) is 62.4. The van der Waals surface area contributed by atoms with Crippen LogP contribution in [0.25, 0.3) is 17.1 Å². The number of alkyl halides is 3. The Labute approximate surface area is 450 Å². The van der Waals surface area contributed by atoms with E-state index in [4.69, 9.17) is 9.72 Å². The van der Waals surface area contributed by atoms with Crippen LogP contribution in [0.3, 0.4) is 0 Å². The number of benzene rings is 4. The van der Waals surface area contributed by atoms with E-state index >= 15 is 0 Å². The van der Waals surface area contributed by atoms with Gasteiger partial charge in [-0.05, 0) is 99.0 Å². The topological polar surface area (TPSA) is 201 Å². The Hall–Kier alpha value is -7.98. The average Bonchev–Trinajstić information content (AvgIpc) is 3.99. The number of hydrogen-bond acceptors (Lipinski definition) is 15. The maximum atomic E-state index is 13.9. The first-order chi connectivity index (χ1) is 37.5. The molecule has 0 bridgehead atoms. The number of nitrogens with zero attached hydrogens (tertiary/aromatic N) is 11. The molecule has 6 heterocycles. The van der Waals surface area contributed by atoms with Crippen LogP contribution in [0.15, 0.2) is 85.1 Å². The standard InChI is InChI=1S/C56H64F3N13O6/c1-5-78-48-29-40(14-15-43(48)62-55-60-31-45-50(63-55)66(3)44-9-7-6-8-41(44)54(77)67(45)4)70-22-18-38(19-23-70)53(76)71-20-16-37(17-21-71)33-69-26-24-68(25-27-69)32-36-10-12-39(13-11-36)72-49(42-28-35(2)46(73)30-47(42)74)64-65-51(72)52(75)61-34-56(57,58)59/h6-15,28-31,37-38,73-74H,5,16-27,32-34H2,1-4H3,(H,61,75)(H,60,62,63). The highest BCUT2D eigenvalue weighted by atomic mass is 19.4. The minimum atomic E-state index is -4.64. The zero-order chi connectivity index (χ0) is 54.8. The molecule has 3 saturated heterocycles. The second-order valence-corrected chi connectivity index (χ2v) is 20.5. The van der Waals surface area contributed by atoms with Crippen molar-refractivity contribution in [3.8, 4) is 34.3 Å². The summed E-state index contributed by atoms with van der Waals surface area (Å²) in [6.07, 6.45) is 0.513. The van der Waals surface area contributed by atoms with Gasteiger partial charge in [0.05, 0.1) is 35.3 Å². The van der Waals surface area contributed by atoms with Crippen LogP contribution in [0.2, 0.25) is 0 Å². The van der Waals surface area contributed by atoms with Crippen molar-refractivity contribution in [3.05, 3.63) is 108 Å². The summed E-state index contributed by atoms with van der Waals surface area (Å²) in [7, 11) is 3.62. The molecule has 0 spiro atoms. The molecule has 4 N–H and O–H groups in total. The third kappa shape index (κ3) is 11.5. The van der Waals surface area contributed by atoms with Crippen molar-refractivity contribution < 1.29 is 42.5 Å². The quantitative estimate of drug-likeness (QED) is 0.0835. The summed E-state index contributed by atoms with van der Waals surface area (Å²) in [5, 5.41) is 34.0. The van der Waals surface area contributed by atoms with Gasteiger partial charge in [0, 0.05) is 109 Å². The van der Waals surface area contributed by atoms with Gasteiger partial charge in [-0.2, -0.15) is 18.2 Å². The first-order valence-corrected chi connectivity index (χ1v) is 26.4. The van der Waals surface area contributed by atoms with Crippen molar-refractivity contribution in [1.82, 2.24) is 44.7 Å². The number of aromatic hydroxyl groups is 2. The molecule has 22 heteroatoms. The lowest BCUT2D eigenvalue weighted by molar-refractivity contribution is -0.137. The van der Waals surface area contributed by atoms with Crippen LogP contribution in [0, 0.1) is 18.8 Å². The molecule has 2 aromatic heterocycles. The number of anilines is 6. The zero-order valence-corrected chi connectivity index (χ0v) is 44.1. The van der Waals surface area contributed by atoms with Crippen molar-refractivity contribution >= 4 is 52.2 Å². The fourth-order valence-corrected chi connectivity index (χ4v) is 10.9. The molecule has 10 rings (SSSR count). The first kappa shape index (κ1) is 53.4. The number of carbonyl (C=O) groups is 3. The number of nitrogens with one attached hydrogen (secondary N) is 2. The number of rotatable bonds is 14. The van der Waals surface area contributed by atoms with E-state index in [0.29, 0.717) is 64.8 Å². The number of aromatic nitrogens is 5. The first-order valence-electron chi connectivity index (χ1n) is 26.4. The number of hydrogen-bond donors (Lipinski definition) is 4. The highest BCUT2D eigenvalue weighted by Gasteiger charge is 2.34. The summed E-state index contributed by atoms with van der Waals surface area (Å²) in [6.45, 7) is 10.7. The van der Waals surface area contributed by atoms with Gasteiger partial charge in [-0.1, -0.05) is 24.3 Å². The molecule has 4 aliphatic rings. The number of piperidine rings is 2. The van der Waals surface area contributed by atoms with Gasteiger partial charge in [0.2, 0.25) is 17.7 Å². The second kappa shape index (κ2) is 22.5. The van der Waals surface area contributed by atoms with Crippen LogP contribution < -0.4 is 30.1 Å². The molecule has 3 amide bonds. The number of phenolic OH excluding ortho intramolecular Hbond substituents is 2. The molecule has 4 aliphatic heterocycles. The lowest BCUT2D eigenvalue weighted by atomic mass is 9.91. The van der Waals surface area contributed by atoms with E-state index in [-0.39, 0.29) is 40.6 Å². The van der Waals surface area contributed by atoms with Crippen LogP contribution in [0.5, 0.6) is 17.2 Å². The third-order valence-electron chi connectivity index (χ3n) is 15.3. The number of aryl methyl sites for hydroxylation is 1. The molecule has 6 aromatic rings. The number of fused-ring (bicyclic) bond motifs is 2. The number of piperazine rings is 1. The monoisotopic (exact) mass is 1070 g/mol. The lowest BCUT2D eigenvalue weighted by Crippen LogP contribution is -2.49. The fourth-order valence-electron chi connectivity index (χ4n) is 10.9. The Morgan fingerprint density at radius 1 is 0.782 bits per heavy atom. The maximum Gasteiger partial charge on any atom is 0.405 e. The SMILES string of the molecule is CCOc1cc(N2CCC(C(=O)N3CCC(CN4CCN(Cc5ccc(-n6c(C(=O)NCC(F)(F)F)nnc6-c6cc(C)c(O)cc6O)cc5)CC4)CC3)CC2)ccc1Nc1ncc2c(n1)N(C)c1ccccc1C(=O)N2C. The van der Waals surface area contributed by atoms with Crippen molar-refractivity contribution in [3.63, 3.8) is 0 Å². The van der Waals surface area contributed by atoms with E-state index < -0.39 is 24.5 Å². The Morgan fingerprint density at radius 2 is 1.49 bits per heavy atom. The van der Waals surface area contributed by atoms with Crippen LogP contribution in [-0.2, 0) is 11.3 Å². The average molecular weight is 1070 g/mol. The smallest absolute Gasteiger partial charge is 0.405 e. The van der Waals surface area contributed by atoms with E-state index in [0.717, 1.165) is 108 Å². The van der Waals surface area contributed by atoms with Crippen molar-refractivity contribution in [2.75, 3.05) is 106 Å². The van der Waals surface area contributed by atoms with Crippen molar-refractivity contribution in [2.24, 2.45) is 11.8 Å². The second-order valence-electron chi connectivity index (χ2n) is 20.5. The number of amides is 3. The zero-order valence-electron chi connectivity index (χ0n) is 44.1. The number of para-hydroxylation sites is 1. The Balaban J connectivity index is 0.683. The number of likely N-dealkylation sites (tertiary alicyclic amines) is 1.